The van der Waals surface area contributed by atoms with E-state index in [2.05, 4.69) is 50.1 Å². The van der Waals surface area contributed by atoms with Crippen LogP contribution in [-0.4, -0.2) is 54.1 Å². The van der Waals surface area contributed by atoms with Gasteiger partial charge >= 0.3 is 0 Å². The van der Waals surface area contributed by atoms with Gasteiger partial charge in [0.15, 0.2) is 5.96 Å². The number of benzene rings is 2. The molecule has 7 nitrogen and oxygen atoms in total. The van der Waals surface area contributed by atoms with Crippen LogP contribution in [0.2, 0.25) is 0 Å². The van der Waals surface area contributed by atoms with Crippen molar-refractivity contribution in [3.8, 4) is 5.75 Å². The number of nitrogens with zero attached hydrogens (tertiary/aromatic N) is 2. The number of likely N-dealkylation sites (tertiary alicyclic amines) is 1. The van der Waals surface area contributed by atoms with Crippen LogP contribution < -0.4 is 16.0 Å². The summed E-state index contributed by atoms with van der Waals surface area (Å²) in [5, 5.41) is 18.7. The number of rotatable bonds is 8. The Morgan fingerprint density at radius 2 is 1.90 bits per heavy atom. The molecule has 0 bridgehead atoms. The predicted molar refractivity (Wildman–Crippen MR) is 121 cm³/mol. The van der Waals surface area contributed by atoms with Crippen molar-refractivity contribution in [1.29, 1.82) is 0 Å². The van der Waals surface area contributed by atoms with E-state index in [1.54, 1.807) is 12.1 Å². The fraction of sp³-hybridized carbons (Fsp3) is 0.391. The molecular weight excluding hydrogens is 378 g/mol. The molecule has 2 aromatic rings. The van der Waals surface area contributed by atoms with Crippen molar-refractivity contribution in [2.24, 2.45) is 4.99 Å². The third-order valence-corrected chi connectivity index (χ3v) is 5.11. The summed E-state index contributed by atoms with van der Waals surface area (Å²) in [6.07, 6.45) is 2.35. The van der Waals surface area contributed by atoms with Crippen molar-refractivity contribution in [3.05, 3.63) is 60.2 Å². The molecule has 30 heavy (non-hydrogen) atoms. The number of hydrogen-bond donors (Lipinski definition) is 4. The Labute approximate surface area is 178 Å². The Bertz CT molecular complexity index is 823. The fourth-order valence-corrected chi connectivity index (χ4v) is 3.60. The highest BCUT2D eigenvalue weighted by molar-refractivity contribution is 5.94. The van der Waals surface area contributed by atoms with E-state index in [1.807, 2.05) is 13.0 Å². The molecule has 1 heterocycles. The Hall–Kier alpha value is -3.06. The summed E-state index contributed by atoms with van der Waals surface area (Å²) >= 11 is 0. The lowest BCUT2D eigenvalue weighted by Gasteiger charge is -2.25. The van der Waals surface area contributed by atoms with Crippen molar-refractivity contribution in [1.82, 2.24) is 15.5 Å². The molecule has 1 aliphatic heterocycles. The molecule has 0 spiro atoms. The van der Waals surface area contributed by atoms with Crippen molar-refractivity contribution in [2.75, 3.05) is 31.5 Å². The molecule has 0 radical (unpaired) electrons. The first-order chi connectivity index (χ1) is 14.6. The average Bonchev–Trinajstić information content (AvgIpc) is 3.19. The molecule has 2 aromatic carbocycles. The molecule has 1 unspecified atom stereocenters. The number of phenols is 1. The molecular formula is C23H31N5O2. The Morgan fingerprint density at radius 3 is 2.63 bits per heavy atom. The summed E-state index contributed by atoms with van der Waals surface area (Å²) < 4.78 is 0. The van der Waals surface area contributed by atoms with E-state index in [0.29, 0.717) is 17.7 Å². The smallest absolute Gasteiger partial charge is 0.246 e. The zero-order valence-electron chi connectivity index (χ0n) is 17.5. The van der Waals surface area contributed by atoms with Gasteiger partial charge < -0.3 is 21.1 Å². The fourth-order valence-electron chi connectivity index (χ4n) is 3.60. The molecule has 0 saturated carbocycles. The molecule has 1 fully saturated rings. The van der Waals surface area contributed by atoms with Crippen molar-refractivity contribution < 1.29 is 9.90 Å². The van der Waals surface area contributed by atoms with Crippen LogP contribution >= 0.6 is 0 Å². The first-order valence-electron chi connectivity index (χ1n) is 10.5. The number of aliphatic imine (C=N–C) groups is 1. The average molecular weight is 410 g/mol. The van der Waals surface area contributed by atoms with Gasteiger partial charge in [0.2, 0.25) is 5.91 Å². The second kappa shape index (κ2) is 11.2. The van der Waals surface area contributed by atoms with Gasteiger partial charge in [-0.2, -0.15) is 0 Å². The summed E-state index contributed by atoms with van der Waals surface area (Å²) in [7, 11) is 0. The molecule has 1 aliphatic rings. The normalized spacial score (nSPS) is 17.0. The number of carbonyl (C=O) groups is 1. The SMILES string of the molecule is CCNC(=NCC(=O)Nc1ccc(O)cc1)NCC1CCCN1Cc1ccccc1. The molecule has 1 atom stereocenters. The number of hydrogen-bond acceptors (Lipinski definition) is 4. The van der Waals surface area contributed by atoms with Crippen molar-refractivity contribution in [3.63, 3.8) is 0 Å². The van der Waals surface area contributed by atoms with Crippen molar-refractivity contribution in [2.45, 2.75) is 32.4 Å². The summed E-state index contributed by atoms with van der Waals surface area (Å²) in [5.74, 6) is 0.604. The van der Waals surface area contributed by atoms with Gasteiger partial charge in [0, 0.05) is 31.4 Å². The highest BCUT2D eigenvalue weighted by Crippen LogP contribution is 2.19. The van der Waals surface area contributed by atoms with Crippen LogP contribution in [0.3, 0.4) is 0 Å². The highest BCUT2D eigenvalue weighted by Gasteiger charge is 2.24. The minimum Gasteiger partial charge on any atom is -0.508 e. The third kappa shape index (κ3) is 6.77. The largest absolute Gasteiger partial charge is 0.508 e. The number of aromatic hydroxyl groups is 1. The zero-order chi connectivity index (χ0) is 21.2. The number of nitrogens with one attached hydrogen (secondary N) is 3. The molecule has 7 heteroatoms. The quantitative estimate of drug-likeness (QED) is 0.306. The first-order valence-corrected chi connectivity index (χ1v) is 10.5. The second-order valence-electron chi connectivity index (χ2n) is 7.42. The molecule has 1 saturated heterocycles. The number of amides is 1. The maximum Gasteiger partial charge on any atom is 0.246 e. The van der Waals surface area contributed by atoms with Gasteiger partial charge in [0.05, 0.1) is 0 Å². The van der Waals surface area contributed by atoms with Gasteiger partial charge in [-0.1, -0.05) is 30.3 Å². The van der Waals surface area contributed by atoms with Gasteiger partial charge in [-0.3, -0.25) is 9.69 Å². The molecule has 4 N–H and O–H groups in total. The third-order valence-electron chi connectivity index (χ3n) is 5.11. The van der Waals surface area contributed by atoms with Crippen LogP contribution in [0.4, 0.5) is 5.69 Å². The summed E-state index contributed by atoms with van der Waals surface area (Å²) in [4.78, 5) is 19.1. The lowest BCUT2D eigenvalue weighted by molar-refractivity contribution is -0.114. The highest BCUT2D eigenvalue weighted by atomic mass is 16.3. The molecule has 0 aromatic heterocycles. The monoisotopic (exact) mass is 409 g/mol. The lowest BCUT2D eigenvalue weighted by Crippen LogP contribution is -2.45. The van der Waals surface area contributed by atoms with E-state index in [1.165, 1.54) is 24.1 Å². The number of phenolic OH excluding ortho intramolecular Hbond substituents is 1. The number of guanidine groups is 1. The van der Waals surface area contributed by atoms with Crippen LogP contribution in [0.1, 0.15) is 25.3 Å². The summed E-state index contributed by atoms with van der Waals surface area (Å²) in [6, 6.07) is 17.4. The topological polar surface area (TPSA) is 89.0 Å². The lowest BCUT2D eigenvalue weighted by atomic mass is 10.2. The Kier molecular flexibility index (Phi) is 8.09. The molecule has 1 amide bonds. The number of carbonyl (C=O) groups excluding carboxylic acids is 1. The summed E-state index contributed by atoms with van der Waals surface area (Å²) in [6.45, 7) is 5.60. The molecule has 3 rings (SSSR count). The van der Waals surface area contributed by atoms with Crippen LogP contribution in [0.15, 0.2) is 59.6 Å². The van der Waals surface area contributed by atoms with Gasteiger partial charge in [-0.15, -0.1) is 0 Å². The Balaban J connectivity index is 1.50. The van der Waals surface area contributed by atoms with Gasteiger partial charge in [-0.25, -0.2) is 4.99 Å². The van der Waals surface area contributed by atoms with Crippen molar-refractivity contribution >= 4 is 17.6 Å². The maximum atomic E-state index is 12.2. The van der Waals surface area contributed by atoms with Crippen LogP contribution in [0.5, 0.6) is 5.75 Å². The van der Waals surface area contributed by atoms with E-state index in [4.69, 9.17) is 0 Å². The van der Waals surface area contributed by atoms with Crippen LogP contribution in [0, 0.1) is 0 Å². The minimum absolute atomic E-state index is 0.0224. The predicted octanol–water partition coefficient (Wildman–Crippen LogP) is 2.55. The standard InChI is InChI=1S/C23H31N5O2/c1-2-24-23(26-16-22(30)27-19-10-12-21(29)13-11-19)25-15-20-9-6-14-28(20)17-18-7-4-3-5-8-18/h3-5,7-8,10-13,20,29H,2,6,9,14-17H2,1H3,(H,27,30)(H2,24,25,26). The minimum atomic E-state index is -0.204. The zero-order valence-corrected chi connectivity index (χ0v) is 17.5. The maximum absolute atomic E-state index is 12.2. The summed E-state index contributed by atoms with van der Waals surface area (Å²) in [5.41, 5.74) is 1.96. The van der Waals surface area contributed by atoms with Gasteiger partial charge in [-0.05, 0) is 56.1 Å². The van der Waals surface area contributed by atoms with Gasteiger partial charge in [0.25, 0.3) is 0 Å². The van der Waals surface area contributed by atoms with Crippen LogP contribution in [0.25, 0.3) is 0 Å². The van der Waals surface area contributed by atoms with E-state index in [-0.39, 0.29) is 18.2 Å². The van der Waals surface area contributed by atoms with E-state index in [0.717, 1.165) is 32.6 Å². The molecule has 160 valence electrons. The van der Waals surface area contributed by atoms with Crippen LogP contribution in [-0.2, 0) is 11.3 Å². The number of anilines is 1. The van der Waals surface area contributed by atoms with E-state index in [9.17, 15) is 9.90 Å². The van der Waals surface area contributed by atoms with Gasteiger partial charge in [0.1, 0.15) is 12.3 Å². The first kappa shape index (κ1) is 21.6. The van der Waals surface area contributed by atoms with E-state index >= 15 is 0 Å². The van der Waals surface area contributed by atoms with E-state index < -0.39 is 0 Å². The molecule has 0 aliphatic carbocycles. The Morgan fingerprint density at radius 1 is 1.13 bits per heavy atom. The second-order valence-corrected chi connectivity index (χ2v) is 7.42.